The highest BCUT2D eigenvalue weighted by molar-refractivity contribution is 6.39. The second-order valence-corrected chi connectivity index (χ2v) is 5.48. The molecule has 25 heavy (non-hydrogen) atoms. The Hall–Kier alpha value is -3.59. The third-order valence-corrected chi connectivity index (χ3v) is 3.86. The molecular formula is C19H16N4O2. The zero-order valence-electron chi connectivity index (χ0n) is 13.4. The molecule has 2 amide bonds. The van der Waals surface area contributed by atoms with Crippen molar-refractivity contribution < 1.29 is 9.59 Å². The molecule has 1 heterocycles. The van der Waals surface area contributed by atoms with Gasteiger partial charge in [-0.05, 0) is 30.2 Å². The summed E-state index contributed by atoms with van der Waals surface area (Å²) in [5.41, 5.74) is 2.74. The number of rotatable bonds is 4. The van der Waals surface area contributed by atoms with E-state index in [4.69, 9.17) is 5.26 Å². The molecule has 3 rings (SSSR count). The summed E-state index contributed by atoms with van der Waals surface area (Å²) in [4.78, 5) is 27.0. The Morgan fingerprint density at radius 1 is 1.04 bits per heavy atom. The van der Waals surface area contributed by atoms with Gasteiger partial charge in [0.2, 0.25) is 0 Å². The van der Waals surface area contributed by atoms with Crippen LogP contribution in [0.2, 0.25) is 0 Å². The smallest absolute Gasteiger partial charge is 0.313 e. The van der Waals surface area contributed by atoms with Crippen LogP contribution in [0.1, 0.15) is 11.1 Å². The highest BCUT2D eigenvalue weighted by Gasteiger charge is 2.15. The van der Waals surface area contributed by atoms with Crippen molar-refractivity contribution in [2.24, 2.45) is 0 Å². The molecule has 0 saturated heterocycles. The molecule has 6 heteroatoms. The lowest BCUT2D eigenvalue weighted by Gasteiger charge is -2.07. The van der Waals surface area contributed by atoms with Crippen molar-refractivity contribution in [3.8, 4) is 6.07 Å². The van der Waals surface area contributed by atoms with Gasteiger partial charge in [-0.15, -0.1) is 0 Å². The number of aromatic amines is 1. The monoisotopic (exact) mass is 332 g/mol. The van der Waals surface area contributed by atoms with Crippen LogP contribution in [0.25, 0.3) is 10.9 Å². The highest BCUT2D eigenvalue weighted by atomic mass is 16.2. The largest absolute Gasteiger partial charge is 0.361 e. The zero-order chi connectivity index (χ0) is 17.6. The average Bonchev–Trinajstić information content (AvgIpc) is 3.05. The first-order chi connectivity index (χ1) is 12.2. The number of para-hydroxylation sites is 2. The van der Waals surface area contributed by atoms with E-state index in [2.05, 4.69) is 15.6 Å². The molecule has 0 bridgehead atoms. The van der Waals surface area contributed by atoms with Crippen molar-refractivity contribution in [2.75, 3.05) is 11.9 Å². The molecule has 0 fully saturated rings. The van der Waals surface area contributed by atoms with Crippen LogP contribution in [0, 0.1) is 11.3 Å². The van der Waals surface area contributed by atoms with Gasteiger partial charge in [0.15, 0.2) is 0 Å². The lowest BCUT2D eigenvalue weighted by Crippen LogP contribution is -2.36. The maximum Gasteiger partial charge on any atom is 0.313 e. The molecule has 0 saturated carbocycles. The number of nitrogens with one attached hydrogen (secondary N) is 3. The highest BCUT2D eigenvalue weighted by Crippen LogP contribution is 2.17. The van der Waals surface area contributed by atoms with Crippen LogP contribution in [0.4, 0.5) is 5.69 Å². The molecule has 0 atom stereocenters. The molecule has 2 aromatic carbocycles. The van der Waals surface area contributed by atoms with Gasteiger partial charge in [0.25, 0.3) is 0 Å². The predicted molar refractivity (Wildman–Crippen MR) is 94.8 cm³/mol. The van der Waals surface area contributed by atoms with Crippen LogP contribution in [-0.4, -0.2) is 23.3 Å². The van der Waals surface area contributed by atoms with Gasteiger partial charge < -0.3 is 15.6 Å². The number of aromatic nitrogens is 1. The minimum Gasteiger partial charge on any atom is -0.361 e. The van der Waals surface area contributed by atoms with Gasteiger partial charge >= 0.3 is 11.8 Å². The Morgan fingerprint density at radius 2 is 1.80 bits per heavy atom. The summed E-state index contributed by atoms with van der Waals surface area (Å²) < 4.78 is 0. The van der Waals surface area contributed by atoms with Gasteiger partial charge in [0.1, 0.15) is 6.07 Å². The molecule has 1 aromatic heterocycles. The van der Waals surface area contributed by atoms with E-state index < -0.39 is 11.8 Å². The number of H-pyrrole nitrogens is 1. The SMILES string of the molecule is N#Cc1ccccc1NC(=O)C(=O)NCCc1c[nH]c2ccccc12. The lowest BCUT2D eigenvalue weighted by atomic mass is 10.1. The van der Waals surface area contributed by atoms with E-state index in [1.807, 2.05) is 36.5 Å². The Bertz CT molecular complexity index is 969. The minimum atomic E-state index is -0.790. The van der Waals surface area contributed by atoms with E-state index in [1.54, 1.807) is 24.3 Å². The predicted octanol–water partition coefficient (Wildman–Crippen LogP) is 2.34. The van der Waals surface area contributed by atoms with Gasteiger partial charge in [-0.25, -0.2) is 0 Å². The number of carbonyl (C=O) groups excluding carboxylic acids is 2. The van der Waals surface area contributed by atoms with Crippen LogP contribution < -0.4 is 10.6 Å². The summed E-state index contributed by atoms with van der Waals surface area (Å²) in [5, 5.41) is 15.2. The summed E-state index contributed by atoms with van der Waals surface area (Å²) in [6.45, 7) is 0.341. The number of anilines is 1. The van der Waals surface area contributed by atoms with E-state index in [0.717, 1.165) is 16.5 Å². The normalized spacial score (nSPS) is 10.2. The molecule has 3 N–H and O–H groups in total. The molecule has 0 radical (unpaired) electrons. The third-order valence-electron chi connectivity index (χ3n) is 3.86. The van der Waals surface area contributed by atoms with E-state index >= 15 is 0 Å². The second-order valence-electron chi connectivity index (χ2n) is 5.48. The molecule has 0 spiro atoms. The lowest BCUT2D eigenvalue weighted by molar-refractivity contribution is -0.136. The molecule has 6 nitrogen and oxygen atoms in total. The standard InChI is InChI=1S/C19H16N4O2/c20-11-13-5-1-3-7-16(13)23-19(25)18(24)21-10-9-14-12-22-17-8-4-2-6-15(14)17/h1-8,12,22H,9-10H2,(H,21,24)(H,23,25). The number of nitriles is 1. The fourth-order valence-electron chi connectivity index (χ4n) is 2.60. The Kier molecular flexibility index (Phi) is 4.77. The number of nitrogens with zero attached hydrogens (tertiary/aromatic N) is 1. The van der Waals surface area contributed by atoms with Crippen LogP contribution in [0.5, 0.6) is 0 Å². The van der Waals surface area contributed by atoms with E-state index in [-0.39, 0.29) is 0 Å². The Labute approximate surface area is 144 Å². The summed E-state index contributed by atoms with van der Waals surface area (Å²) in [6.07, 6.45) is 2.51. The van der Waals surface area contributed by atoms with Gasteiger partial charge in [-0.1, -0.05) is 30.3 Å². The van der Waals surface area contributed by atoms with Crippen molar-refractivity contribution in [1.29, 1.82) is 5.26 Å². The summed E-state index contributed by atoms with van der Waals surface area (Å²) in [5.74, 6) is -1.52. The number of hydrogen-bond acceptors (Lipinski definition) is 3. The Balaban J connectivity index is 1.55. The molecule has 0 aliphatic rings. The number of hydrogen-bond donors (Lipinski definition) is 3. The van der Waals surface area contributed by atoms with Crippen molar-refractivity contribution >= 4 is 28.4 Å². The fourth-order valence-corrected chi connectivity index (χ4v) is 2.60. The zero-order valence-corrected chi connectivity index (χ0v) is 13.4. The first kappa shape index (κ1) is 16.3. The molecule has 0 unspecified atom stereocenters. The van der Waals surface area contributed by atoms with Crippen molar-refractivity contribution in [3.63, 3.8) is 0 Å². The van der Waals surface area contributed by atoms with Gasteiger partial charge in [0, 0.05) is 23.6 Å². The fraction of sp³-hybridized carbons (Fsp3) is 0.105. The maximum absolute atomic E-state index is 11.9. The van der Waals surface area contributed by atoms with Crippen molar-refractivity contribution in [1.82, 2.24) is 10.3 Å². The van der Waals surface area contributed by atoms with Crippen molar-refractivity contribution in [3.05, 3.63) is 65.9 Å². The first-order valence-corrected chi connectivity index (χ1v) is 7.82. The quantitative estimate of drug-likeness (QED) is 0.640. The van der Waals surface area contributed by atoms with E-state index in [1.165, 1.54) is 0 Å². The third kappa shape index (κ3) is 3.67. The number of amides is 2. The van der Waals surface area contributed by atoms with Crippen LogP contribution >= 0.6 is 0 Å². The summed E-state index contributed by atoms with van der Waals surface area (Å²) in [7, 11) is 0. The van der Waals surface area contributed by atoms with Gasteiger partial charge in [-0.2, -0.15) is 5.26 Å². The number of benzene rings is 2. The number of carbonyl (C=O) groups is 2. The maximum atomic E-state index is 11.9. The van der Waals surface area contributed by atoms with Crippen LogP contribution in [-0.2, 0) is 16.0 Å². The molecule has 124 valence electrons. The summed E-state index contributed by atoms with van der Waals surface area (Å²) >= 11 is 0. The molecular weight excluding hydrogens is 316 g/mol. The van der Waals surface area contributed by atoms with Crippen LogP contribution in [0.15, 0.2) is 54.7 Å². The molecule has 0 aliphatic heterocycles. The van der Waals surface area contributed by atoms with Gasteiger partial charge in [-0.3, -0.25) is 9.59 Å². The first-order valence-electron chi connectivity index (χ1n) is 7.82. The number of fused-ring (bicyclic) bond motifs is 1. The summed E-state index contributed by atoms with van der Waals surface area (Å²) in [6, 6.07) is 16.4. The van der Waals surface area contributed by atoms with E-state index in [9.17, 15) is 9.59 Å². The Morgan fingerprint density at radius 3 is 2.64 bits per heavy atom. The van der Waals surface area contributed by atoms with E-state index in [0.29, 0.717) is 24.2 Å². The average molecular weight is 332 g/mol. The van der Waals surface area contributed by atoms with Crippen LogP contribution in [0.3, 0.4) is 0 Å². The molecule has 3 aromatic rings. The molecule has 0 aliphatic carbocycles. The van der Waals surface area contributed by atoms with Crippen molar-refractivity contribution in [2.45, 2.75) is 6.42 Å². The second kappa shape index (κ2) is 7.32. The topological polar surface area (TPSA) is 97.8 Å². The van der Waals surface area contributed by atoms with Gasteiger partial charge in [0.05, 0.1) is 11.3 Å². The minimum absolute atomic E-state index is 0.308.